The van der Waals surface area contributed by atoms with Crippen molar-refractivity contribution in [1.29, 1.82) is 0 Å². The molecule has 542 valence electrons. The molecule has 0 spiro atoms. The molecule has 0 heterocycles. The van der Waals surface area contributed by atoms with Gasteiger partial charge in [-0.15, -0.1) is 0 Å². The molecule has 0 atom stereocenters. The summed E-state index contributed by atoms with van der Waals surface area (Å²) < 4.78 is 272. The van der Waals surface area contributed by atoms with E-state index in [1.165, 1.54) is 170 Å². The van der Waals surface area contributed by atoms with Gasteiger partial charge in [-0.2, -0.15) is 33.7 Å². The van der Waals surface area contributed by atoms with E-state index in [1.807, 2.05) is 6.92 Å². The highest BCUT2D eigenvalue weighted by Gasteiger charge is 2.28. The molecule has 0 saturated heterocycles. The highest BCUT2D eigenvalue weighted by atomic mass is 32.2. The van der Waals surface area contributed by atoms with Crippen molar-refractivity contribution in [2.24, 2.45) is 0 Å². The van der Waals surface area contributed by atoms with E-state index < -0.39 is 117 Å². The van der Waals surface area contributed by atoms with Gasteiger partial charge in [-0.1, -0.05) is 96.6 Å². The maximum atomic E-state index is 14.1. The molecule has 4 N–H and O–H groups in total. The van der Waals surface area contributed by atoms with Crippen molar-refractivity contribution in [3.63, 3.8) is 0 Å². The van der Waals surface area contributed by atoms with E-state index in [0.717, 1.165) is 67.3 Å². The summed E-state index contributed by atoms with van der Waals surface area (Å²) in [6.45, 7) is 1.85. The first kappa shape index (κ1) is 75.0. The lowest BCUT2D eigenvalue weighted by atomic mass is 9.99. The first-order valence-electron chi connectivity index (χ1n) is 30.7. The molecule has 32 heteroatoms. The van der Waals surface area contributed by atoms with Gasteiger partial charge in [-0.25, -0.2) is 33.7 Å². The van der Waals surface area contributed by atoms with Crippen LogP contribution in [0.3, 0.4) is 0 Å². The molecule has 0 aliphatic rings. The van der Waals surface area contributed by atoms with Gasteiger partial charge in [0.25, 0.3) is 40.5 Å². The number of hydrogen-bond acceptors (Lipinski definition) is 20. The van der Waals surface area contributed by atoms with E-state index in [9.17, 15) is 85.6 Å². The predicted octanol–water partition coefficient (Wildman–Crippen LogP) is 14.4. The zero-order chi connectivity index (χ0) is 76.1. The zero-order valence-corrected chi connectivity index (χ0v) is 61.2. The van der Waals surface area contributed by atoms with Crippen molar-refractivity contribution in [2.45, 2.75) is 65.7 Å². The Balaban J connectivity index is 0.698. The van der Waals surface area contributed by atoms with Crippen LogP contribution < -0.4 is 18.9 Å². The highest BCUT2D eigenvalue weighted by molar-refractivity contribution is 7.92. The van der Waals surface area contributed by atoms with Gasteiger partial charge in [-0.3, -0.25) is 18.2 Å². The van der Waals surface area contributed by atoms with Crippen LogP contribution in [0.4, 0.5) is 0 Å². The van der Waals surface area contributed by atoms with Gasteiger partial charge in [0.1, 0.15) is 59.8 Å². The Morgan fingerprint density at radius 3 is 0.887 bits per heavy atom. The maximum Gasteiger partial charge on any atom is 0.298 e. The molecule has 0 bridgehead atoms. The summed E-state index contributed by atoms with van der Waals surface area (Å²) in [4.78, 5) is -3.57. The van der Waals surface area contributed by atoms with Crippen molar-refractivity contribution in [2.75, 3.05) is 7.11 Å². The van der Waals surface area contributed by atoms with Gasteiger partial charge < -0.3 is 18.9 Å². The SMILES string of the molecule is COc1ccc(Oc2ccc(Oc3ccc(Oc4ccc(S(=O)(=O)c5cccc(-c6ccc(S(=O)(=O)c7ccc(-c8ccc(S(=O)(=O)O)c(-c9ccc(S(=O)(=O)c%10ccc(-c%11ccc(S(=O)(=O)c%12ccc(C)cc%12)cc%11)cc%10)cc9)c8)cc7)cc6)c5)cc4)cc3S(=O)(=O)O)cc2S(=O)(=O)O)cc1S(=O)(=O)O. The highest BCUT2D eigenvalue weighted by Crippen LogP contribution is 2.41. The average molecular weight is 1580 g/mol. The van der Waals surface area contributed by atoms with Crippen LogP contribution in [0.15, 0.2) is 326 Å². The number of aryl methyl sites for hydroxylation is 1. The fourth-order valence-electron chi connectivity index (χ4n) is 11.1. The second-order valence-electron chi connectivity index (χ2n) is 23.4. The third kappa shape index (κ3) is 15.9. The number of rotatable bonds is 23. The molecule has 0 unspecified atom stereocenters. The Kier molecular flexibility index (Phi) is 20.2. The Morgan fingerprint density at radius 1 is 0.236 bits per heavy atom. The van der Waals surface area contributed by atoms with Crippen LogP contribution in [0, 0.1) is 6.92 Å². The molecule has 0 aromatic heterocycles. The molecule has 12 aromatic rings. The topological polar surface area (TPSA) is 391 Å². The number of methoxy groups -OCH3 is 1. The van der Waals surface area contributed by atoms with Crippen molar-refractivity contribution >= 4 is 79.8 Å². The van der Waals surface area contributed by atoms with Gasteiger partial charge in [0.05, 0.1) is 46.3 Å². The van der Waals surface area contributed by atoms with Crippen LogP contribution in [0.25, 0.3) is 44.5 Å². The molecule has 12 aromatic carbocycles. The smallest absolute Gasteiger partial charge is 0.298 e. The van der Waals surface area contributed by atoms with Gasteiger partial charge in [0.2, 0.25) is 39.3 Å². The van der Waals surface area contributed by atoms with Crippen LogP contribution in [0.5, 0.6) is 40.2 Å². The van der Waals surface area contributed by atoms with Crippen LogP contribution in [-0.4, -0.2) is 92.7 Å². The zero-order valence-electron chi connectivity index (χ0n) is 54.6. The summed E-state index contributed by atoms with van der Waals surface area (Å²) >= 11 is 0. The largest absolute Gasteiger partial charge is 0.495 e. The minimum Gasteiger partial charge on any atom is -0.495 e. The van der Waals surface area contributed by atoms with Crippen LogP contribution >= 0.6 is 0 Å². The molecule has 0 radical (unpaired) electrons. The molecular weight excluding hydrogens is 1530 g/mol. The summed E-state index contributed by atoms with van der Waals surface area (Å²) in [5, 5.41) is 0. The Labute approximate surface area is 609 Å². The van der Waals surface area contributed by atoms with Gasteiger partial charge in [0, 0.05) is 23.8 Å². The standard InChI is InChI=1S/C74H54O24S8/c1-47-6-24-59(25-7-47)99(75,76)60-26-8-48(9-27-60)49-10-28-61(29-11-49)101(79,80)64-34-16-52(17-35-64)67-43-54(18-41-71(67)103(83,84)85)51-14-32-63(33-15-51)100(77,78)62-30-12-50(13-31-62)53-4-3-5-66(42-53)102(81,82)65-36-19-55(20-37-65)96-56-22-39-69(73(44-56)105(89,90)91)98-58-23-40-70(74(46-58)106(92,93)94)97-57-21-38-68(95-2)72(45-57)104(86,87)88/h3-46H,1-2H3,(H,83,84,85)(H,86,87,88)(H,89,90,91)(H,92,93,94). The molecule has 0 amide bonds. The molecular formula is C74H54O24S8. The number of benzene rings is 12. The lowest BCUT2D eigenvalue weighted by molar-refractivity contribution is 0.393. The van der Waals surface area contributed by atoms with Gasteiger partial charge in [-0.05, 0) is 204 Å². The van der Waals surface area contributed by atoms with Crippen molar-refractivity contribution < 1.29 is 105 Å². The first-order valence-corrected chi connectivity index (χ1v) is 42.4. The number of ether oxygens (including phenoxy) is 4. The lowest BCUT2D eigenvalue weighted by Crippen LogP contribution is -2.04. The van der Waals surface area contributed by atoms with Crippen LogP contribution in [-0.2, 0) is 79.8 Å². The van der Waals surface area contributed by atoms with Crippen molar-refractivity contribution in [3.8, 4) is 84.8 Å². The summed E-state index contributed by atoms with van der Waals surface area (Å²) in [5.41, 5.74) is 4.06. The predicted molar refractivity (Wildman–Crippen MR) is 386 cm³/mol. The van der Waals surface area contributed by atoms with E-state index >= 15 is 0 Å². The Hall–Kier alpha value is -10.7. The average Bonchev–Trinajstić information content (AvgIpc) is 0.793. The second-order valence-corrected chi connectivity index (χ2v) is 36.8. The summed E-state index contributed by atoms with van der Waals surface area (Å²) in [6.07, 6.45) is 0. The third-order valence-corrected chi connectivity index (χ3v) is 27.2. The molecule has 0 aliphatic heterocycles. The maximum absolute atomic E-state index is 14.1. The number of hydrogen-bond donors (Lipinski definition) is 4. The molecule has 12 rings (SSSR count). The van der Waals surface area contributed by atoms with Crippen molar-refractivity contribution in [3.05, 3.63) is 272 Å². The third-order valence-electron chi connectivity index (χ3n) is 16.5. The van der Waals surface area contributed by atoms with E-state index in [-0.39, 0.29) is 73.3 Å². The minimum atomic E-state index is -5.15. The molecule has 0 fully saturated rings. The summed E-state index contributed by atoms with van der Waals surface area (Å²) in [7, 11) is -35.2. The van der Waals surface area contributed by atoms with E-state index in [4.69, 9.17) is 18.9 Å². The van der Waals surface area contributed by atoms with Gasteiger partial charge in [0.15, 0.2) is 0 Å². The second kappa shape index (κ2) is 28.6. The quantitative estimate of drug-likeness (QED) is 0.0432. The molecule has 24 nitrogen and oxygen atoms in total. The fourth-order valence-corrected chi connectivity index (χ4v) is 18.8. The minimum absolute atomic E-state index is 0.00540. The molecule has 0 aliphatic carbocycles. The Bertz CT molecular complexity index is 6450. The first-order chi connectivity index (χ1) is 49.9. The molecule has 106 heavy (non-hydrogen) atoms. The van der Waals surface area contributed by atoms with E-state index in [1.54, 1.807) is 42.5 Å². The summed E-state index contributed by atoms with van der Waals surface area (Å²) in [6, 6.07) is 59.1. The fraction of sp³-hybridized carbons (Fsp3) is 0.0270. The Morgan fingerprint density at radius 2 is 0.519 bits per heavy atom. The lowest BCUT2D eigenvalue weighted by Gasteiger charge is -2.15. The van der Waals surface area contributed by atoms with Crippen molar-refractivity contribution in [1.82, 2.24) is 0 Å². The summed E-state index contributed by atoms with van der Waals surface area (Å²) in [5.74, 6) is -2.39. The van der Waals surface area contributed by atoms with E-state index in [2.05, 4.69) is 0 Å². The van der Waals surface area contributed by atoms with Gasteiger partial charge >= 0.3 is 0 Å². The molecule has 0 saturated carbocycles. The van der Waals surface area contributed by atoms with Crippen LogP contribution in [0.2, 0.25) is 0 Å². The normalized spacial score (nSPS) is 12.5. The number of sulfone groups is 4. The van der Waals surface area contributed by atoms with E-state index in [0.29, 0.717) is 33.4 Å². The van der Waals surface area contributed by atoms with Crippen LogP contribution in [0.1, 0.15) is 5.56 Å². The monoisotopic (exact) mass is 1580 g/mol.